The maximum Gasteiger partial charge on any atom is 0.264 e. The Hall–Kier alpha value is -3.59. The molecule has 9 heteroatoms. The first-order valence-corrected chi connectivity index (χ1v) is 10.8. The van der Waals surface area contributed by atoms with E-state index in [0.717, 1.165) is 5.39 Å². The number of benzene rings is 2. The van der Waals surface area contributed by atoms with Crippen molar-refractivity contribution in [1.29, 1.82) is 0 Å². The summed E-state index contributed by atoms with van der Waals surface area (Å²) in [6.07, 6.45) is 4.43. The van der Waals surface area contributed by atoms with Gasteiger partial charge in [0.2, 0.25) is 0 Å². The molecule has 0 saturated carbocycles. The van der Waals surface area contributed by atoms with Crippen molar-refractivity contribution >= 4 is 26.6 Å². The minimum absolute atomic E-state index is 0.119. The number of aromatic nitrogens is 3. The maximum absolute atomic E-state index is 12.9. The molecule has 152 valence electrons. The summed E-state index contributed by atoms with van der Waals surface area (Å²) in [6.45, 7) is 0.811. The van der Waals surface area contributed by atoms with Crippen LogP contribution in [0.25, 0.3) is 10.9 Å². The van der Waals surface area contributed by atoms with E-state index in [9.17, 15) is 8.42 Å². The zero-order valence-electron chi connectivity index (χ0n) is 15.8. The van der Waals surface area contributed by atoms with Gasteiger partial charge in [-0.2, -0.15) is 5.10 Å². The lowest BCUT2D eigenvalue weighted by Crippen LogP contribution is -2.33. The molecule has 0 spiro atoms. The average Bonchev–Trinajstić information content (AvgIpc) is 3.19. The predicted molar refractivity (Wildman–Crippen MR) is 111 cm³/mol. The van der Waals surface area contributed by atoms with Gasteiger partial charge in [-0.3, -0.25) is 14.4 Å². The Kier molecular flexibility index (Phi) is 4.51. The van der Waals surface area contributed by atoms with E-state index in [-0.39, 0.29) is 11.0 Å². The molecule has 1 aliphatic heterocycles. The lowest BCUT2D eigenvalue weighted by molar-refractivity contribution is 0.0759. The van der Waals surface area contributed by atoms with Crippen LogP contribution in [0.2, 0.25) is 0 Å². The molecular weight excluding hydrogens is 404 g/mol. The van der Waals surface area contributed by atoms with Gasteiger partial charge in [-0.05, 0) is 24.3 Å². The number of pyridine rings is 1. The van der Waals surface area contributed by atoms with Crippen LogP contribution in [0, 0.1) is 0 Å². The highest BCUT2D eigenvalue weighted by molar-refractivity contribution is 7.93. The number of nitrogens with zero attached hydrogens (tertiary/aromatic N) is 3. The van der Waals surface area contributed by atoms with Crippen LogP contribution in [0.15, 0.2) is 78.1 Å². The lowest BCUT2D eigenvalue weighted by Gasteiger charge is -2.26. The molecule has 0 bridgehead atoms. The number of para-hydroxylation sites is 3. The van der Waals surface area contributed by atoms with Crippen LogP contribution < -0.4 is 14.2 Å². The Morgan fingerprint density at radius 3 is 2.80 bits per heavy atom. The Bertz CT molecular complexity index is 1310. The summed E-state index contributed by atoms with van der Waals surface area (Å²) in [5, 5.41) is 5.00. The van der Waals surface area contributed by atoms with Crippen LogP contribution in [0.4, 0.5) is 5.69 Å². The van der Waals surface area contributed by atoms with Gasteiger partial charge in [0.05, 0.1) is 23.9 Å². The third kappa shape index (κ3) is 3.55. The molecule has 1 N–H and O–H groups in total. The Balaban J connectivity index is 1.32. The normalized spacial score (nSPS) is 15.8. The third-order valence-electron chi connectivity index (χ3n) is 4.73. The van der Waals surface area contributed by atoms with Gasteiger partial charge in [0.15, 0.2) is 17.6 Å². The van der Waals surface area contributed by atoms with Gasteiger partial charge in [-0.25, -0.2) is 8.42 Å². The largest absolute Gasteiger partial charge is 0.486 e. The molecule has 1 aliphatic rings. The molecule has 2 aromatic heterocycles. The Labute approximate surface area is 173 Å². The first-order valence-electron chi connectivity index (χ1n) is 9.36. The zero-order valence-corrected chi connectivity index (χ0v) is 16.6. The van der Waals surface area contributed by atoms with Gasteiger partial charge < -0.3 is 9.47 Å². The summed E-state index contributed by atoms with van der Waals surface area (Å²) in [7, 11) is -3.82. The highest BCUT2D eigenvalue weighted by Crippen LogP contribution is 2.31. The smallest absolute Gasteiger partial charge is 0.264 e. The van der Waals surface area contributed by atoms with Crippen LogP contribution in [0.3, 0.4) is 0 Å². The molecule has 2 aromatic carbocycles. The number of hydrogen-bond donors (Lipinski definition) is 1. The second-order valence-electron chi connectivity index (χ2n) is 6.89. The monoisotopic (exact) mass is 422 g/mol. The van der Waals surface area contributed by atoms with Crippen molar-refractivity contribution in [3.63, 3.8) is 0 Å². The number of hydrogen-bond acceptors (Lipinski definition) is 6. The third-order valence-corrected chi connectivity index (χ3v) is 6.14. The van der Waals surface area contributed by atoms with Gasteiger partial charge in [-0.15, -0.1) is 0 Å². The van der Waals surface area contributed by atoms with Gasteiger partial charge in [0, 0.05) is 17.8 Å². The fraction of sp³-hybridized carbons (Fsp3) is 0.143. The van der Waals surface area contributed by atoms with E-state index in [1.165, 1.54) is 12.3 Å². The standard InChI is InChI=1S/C21H18N4O4S/c26-30(27,20-9-3-5-15-6-4-10-22-21(15)20)24-16-11-23-25(12-16)13-17-14-28-18-7-1-2-8-19(18)29-17/h1-12,17,24H,13-14H2. The van der Waals surface area contributed by atoms with Crippen molar-refractivity contribution in [2.45, 2.75) is 17.5 Å². The molecule has 0 amide bonds. The van der Waals surface area contributed by atoms with E-state index in [1.54, 1.807) is 29.2 Å². The van der Waals surface area contributed by atoms with Gasteiger partial charge in [-0.1, -0.05) is 30.3 Å². The molecule has 0 fully saturated rings. The second-order valence-corrected chi connectivity index (χ2v) is 8.54. The molecule has 8 nitrogen and oxygen atoms in total. The highest BCUT2D eigenvalue weighted by atomic mass is 32.2. The van der Waals surface area contributed by atoms with Crippen molar-refractivity contribution in [3.05, 3.63) is 73.2 Å². The van der Waals surface area contributed by atoms with Gasteiger partial charge >= 0.3 is 0 Å². The molecule has 0 radical (unpaired) electrons. The summed E-state index contributed by atoms with van der Waals surface area (Å²) in [6, 6.07) is 16.1. The molecule has 30 heavy (non-hydrogen) atoms. The highest BCUT2D eigenvalue weighted by Gasteiger charge is 2.22. The van der Waals surface area contributed by atoms with Crippen LogP contribution >= 0.6 is 0 Å². The summed E-state index contributed by atoms with van der Waals surface area (Å²) in [4.78, 5) is 4.34. The second kappa shape index (κ2) is 7.34. The minimum Gasteiger partial charge on any atom is -0.486 e. The summed E-state index contributed by atoms with van der Waals surface area (Å²) in [5.74, 6) is 1.40. The SMILES string of the molecule is O=S(=O)(Nc1cnn(CC2COc3ccccc3O2)c1)c1cccc2cccnc12. The van der Waals surface area contributed by atoms with Crippen molar-refractivity contribution in [1.82, 2.24) is 14.8 Å². The average molecular weight is 422 g/mol. The molecule has 3 heterocycles. The molecule has 1 unspecified atom stereocenters. The first kappa shape index (κ1) is 18.4. The number of fused-ring (bicyclic) bond motifs is 2. The van der Waals surface area contributed by atoms with Gasteiger partial charge in [0.25, 0.3) is 10.0 Å². The van der Waals surface area contributed by atoms with E-state index >= 15 is 0 Å². The fourth-order valence-corrected chi connectivity index (χ4v) is 4.59. The predicted octanol–water partition coefficient (Wildman–Crippen LogP) is 3.07. The van der Waals surface area contributed by atoms with E-state index < -0.39 is 10.0 Å². The van der Waals surface area contributed by atoms with E-state index in [0.29, 0.717) is 35.9 Å². The first-order chi connectivity index (χ1) is 14.6. The molecule has 0 saturated heterocycles. The minimum atomic E-state index is -3.82. The summed E-state index contributed by atoms with van der Waals surface area (Å²) >= 11 is 0. The summed E-state index contributed by atoms with van der Waals surface area (Å²) in [5.41, 5.74) is 0.784. The molecule has 0 aliphatic carbocycles. The van der Waals surface area contributed by atoms with Crippen LogP contribution in [0.1, 0.15) is 0 Å². The molecule has 5 rings (SSSR count). The van der Waals surface area contributed by atoms with Crippen molar-refractivity contribution < 1.29 is 17.9 Å². The lowest BCUT2D eigenvalue weighted by atomic mass is 10.2. The van der Waals surface area contributed by atoms with E-state index in [4.69, 9.17) is 9.47 Å². The summed E-state index contributed by atoms with van der Waals surface area (Å²) < 4.78 is 41.7. The number of ether oxygens (including phenoxy) is 2. The van der Waals surface area contributed by atoms with E-state index in [2.05, 4.69) is 14.8 Å². The molecule has 4 aromatic rings. The number of rotatable bonds is 5. The number of sulfonamides is 1. The van der Waals surface area contributed by atoms with E-state index in [1.807, 2.05) is 36.4 Å². The Morgan fingerprint density at radius 1 is 1.07 bits per heavy atom. The van der Waals surface area contributed by atoms with Crippen molar-refractivity contribution in [3.8, 4) is 11.5 Å². The fourth-order valence-electron chi connectivity index (χ4n) is 3.38. The quantitative estimate of drug-likeness (QED) is 0.531. The van der Waals surface area contributed by atoms with Crippen molar-refractivity contribution in [2.75, 3.05) is 11.3 Å². The topological polar surface area (TPSA) is 95.3 Å². The van der Waals surface area contributed by atoms with Crippen molar-refractivity contribution in [2.24, 2.45) is 0 Å². The number of anilines is 1. The Morgan fingerprint density at radius 2 is 1.90 bits per heavy atom. The van der Waals surface area contributed by atoms with Crippen LogP contribution in [0.5, 0.6) is 11.5 Å². The molecular formula is C21H18N4O4S. The number of nitrogens with one attached hydrogen (secondary N) is 1. The van der Waals surface area contributed by atoms with Crippen LogP contribution in [-0.2, 0) is 16.6 Å². The zero-order chi connectivity index (χ0) is 20.6. The molecule has 1 atom stereocenters. The van der Waals surface area contributed by atoms with Crippen LogP contribution in [-0.4, -0.2) is 35.9 Å². The van der Waals surface area contributed by atoms with Gasteiger partial charge in [0.1, 0.15) is 11.5 Å². The maximum atomic E-state index is 12.9.